The van der Waals surface area contributed by atoms with Crippen LogP contribution in [0.5, 0.6) is 5.75 Å². The van der Waals surface area contributed by atoms with Crippen molar-refractivity contribution < 1.29 is 14.3 Å². The molecule has 0 aliphatic carbocycles. The molecule has 0 saturated carbocycles. The predicted molar refractivity (Wildman–Crippen MR) is 89.5 cm³/mol. The van der Waals surface area contributed by atoms with Crippen LogP contribution < -0.4 is 10.1 Å². The second kappa shape index (κ2) is 7.49. The summed E-state index contributed by atoms with van der Waals surface area (Å²) in [6.45, 7) is 7.32. The molecule has 0 spiro atoms. The van der Waals surface area contributed by atoms with Gasteiger partial charge in [0.25, 0.3) is 5.91 Å². The molecular formula is C18H26N2O3. The first kappa shape index (κ1) is 17.3. The molecule has 1 aliphatic heterocycles. The third-order valence-corrected chi connectivity index (χ3v) is 4.41. The fourth-order valence-electron chi connectivity index (χ4n) is 3.21. The Balaban J connectivity index is 1.88. The lowest BCUT2D eigenvalue weighted by molar-refractivity contribution is -0.137. The van der Waals surface area contributed by atoms with Gasteiger partial charge in [-0.05, 0) is 44.7 Å². The maximum Gasteiger partial charge on any atom is 0.260 e. The van der Waals surface area contributed by atoms with Crippen molar-refractivity contribution in [2.45, 2.75) is 33.6 Å². The van der Waals surface area contributed by atoms with E-state index in [2.05, 4.69) is 17.4 Å². The first-order chi connectivity index (χ1) is 10.9. The fourth-order valence-corrected chi connectivity index (χ4v) is 3.21. The van der Waals surface area contributed by atoms with Gasteiger partial charge in [0.2, 0.25) is 5.91 Å². The Kier molecular flexibility index (Phi) is 5.64. The zero-order valence-corrected chi connectivity index (χ0v) is 14.4. The van der Waals surface area contributed by atoms with Crippen molar-refractivity contribution in [3.8, 4) is 5.75 Å². The standard InChI is InChI=1S/C18H26N2O3/c1-12-9-13(2)17(14(3)10-12)23-11-16(21)20-7-5-15(6-8-20)18(22)19-4/h9-10,15H,5-8,11H2,1-4H3,(H,19,22). The third kappa shape index (κ3) is 4.24. The molecule has 0 radical (unpaired) electrons. The Morgan fingerprint density at radius 2 is 1.74 bits per heavy atom. The van der Waals surface area contributed by atoms with Gasteiger partial charge in [0.05, 0.1) is 0 Å². The van der Waals surface area contributed by atoms with E-state index in [1.165, 1.54) is 5.56 Å². The van der Waals surface area contributed by atoms with Crippen LogP contribution in [0, 0.1) is 26.7 Å². The number of carbonyl (C=O) groups excluding carboxylic acids is 2. The monoisotopic (exact) mass is 318 g/mol. The smallest absolute Gasteiger partial charge is 0.260 e. The second-order valence-corrected chi connectivity index (χ2v) is 6.29. The van der Waals surface area contributed by atoms with Crippen molar-refractivity contribution >= 4 is 11.8 Å². The number of benzene rings is 1. The average Bonchev–Trinajstić information content (AvgIpc) is 2.53. The molecule has 0 aromatic heterocycles. The quantitative estimate of drug-likeness (QED) is 0.923. The molecule has 1 aromatic carbocycles. The molecule has 5 nitrogen and oxygen atoms in total. The number of carbonyl (C=O) groups is 2. The first-order valence-corrected chi connectivity index (χ1v) is 8.12. The van der Waals surface area contributed by atoms with Gasteiger partial charge >= 0.3 is 0 Å². The van der Waals surface area contributed by atoms with E-state index in [1.807, 2.05) is 20.8 Å². The van der Waals surface area contributed by atoms with Crippen LogP contribution in [0.25, 0.3) is 0 Å². The van der Waals surface area contributed by atoms with Crippen molar-refractivity contribution in [2.24, 2.45) is 5.92 Å². The zero-order valence-electron chi connectivity index (χ0n) is 14.4. The van der Waals surface area contributed by atoms with Gasteiger partial charge in [0, 0.05) is 26.1 Å². The highest BCUT2D eigenvalue weighted by Gasteiger charge is 2.26. The normalized spacial score (nSPS) is 15.4. The van der Waals surface area contributed by atoms with Gasteiger partial charge in [-0.15, -0.1) is 0 Å². The van der Waals surface area contributed by atoms with Crippen LogP contribution >= 0.6 is 0 Å². The lowest BCUT2D eigenvalue weighted by Gasteiger charge is -2.31. The molecule has 1 saturated heterocycles. The van der Waals surface area contributed by atoms with E-state index in [1.54, 1.807) is 11.9 Å². The van der Waals surface area contributed by atoms with Gasteiger partial charge in [-0.1, -0.05) is 17.7 Å². The number of nitrogens with zero attached hydrogens (tertiary/aromatic N) is 1. The highest BCUT2D eigenvalue weighted by molar-refractivity contribution is 5.80. The summed E-state index contributed by atoms with van der Waals surface area (Å²) in [6.07, 6.45) is 1.43. The Hall–Kier alpha value is -2.04. The number of amides is 2. The van der Waals surface area contributed by atoms with Crippen molar-refractivity contribution in [3.63, 3.8) is 0 Å². The SMILES string of the molecule is CNC(=O)C1CCN(C(=O)COc2c(C)cc(C)cc2C)CC1. The summed E-state index contributed by atoms with van der Waals surface area (Å²) < 4.78 is 5.76. The molecule has 2 amide bonds. The molecule has 126 valence electrons. The molecule has 1 aliphatic rings. The number of hydrogen-bond donors (Lipinski definition) is 1. The number of nitrogens with one attached hydrogen (secondary N) is 1. The van der Waals surface area contributed by atoms with E-state index in [-0.39, 0.29) is 24.3 Å². The Bertz CT molecular complexity index is 567. The van der Waals surface area contributed by atoms with Crippen molar-refractivity contribution in [1.29, 1.82) is 0 Å². The van der Waals surface area contributed by atoms with Crippen LogP contribution in [0.2, 0.25) is 0 Å². The molecule has 0 atom stereocenters. The first-order valence-electron chi connectivity index (χ1n) is 8.12. The summed E-state index contributed by atoms with van der Waals surface area (Å²) >= 11 is 0. The van der Waals surface area contributed by atoms with Crippen LogP contribution in [0.3, 0.4) is 0 Å². The van der Waals surface area contributed by atoms with E-state index < -0.39 is 0 Å². The van der Waals surface area contributed by atoms with E-state index in [0.717, 1.165) is 16.9 Å². The number of rotatable bonds is 4. The average molecular weight is 318 g/mol. The van der Waals surface area contributed by atoms with Crippen molar-refractivity contribution in [3.05, 3.63) is 28.8 Å². The summed E-state index contributed by atoms with van der Waals surface area (Å²) in [5, 5.41) is 2.68. The molecule has 1 N–H and O–H groups in total. The molecule has 2 rings (SSSR count). The fraction of sp³-hybridized carbons (Fsp3) is 0.556. The molecule has 1 aromatic rings. The van der Waals surface area contributed by atoms with Crippen LogP contribution in [-0.2, 0) is 9.59 Å². The summed E-state index contributed by atoms with van der Waals surface area (Å²) in [6, 6.07) is 4.11. The molecule has 1 fully saturated rings. The van der Waals surface area contributed by atoms with E-state index >= 15 is 0 Å². The summed E-state index contributed by atoms with van der Waals surface area (Å²) in [7, 11) is 1.65. The maximum atomic E-state index is 12.3. The zero-order chi connectivity index (χ0) is 17.0. The highest BCUT2D eigenvalue weighted by atomic mass is 16.5. The second-order valence-electron chi connectivity index (χ2n) is 6.29. The Labute approximate surface area is 138 Å². The van der Waals surface area contributed by atoms with Gasteiger partial charge in [-0.2, -0.15) is 0 Å². The minimum absolute atomic E-state index is 0.0141. The highest BCUT2D eigenvalue weighted by Crippen LogP contribution is 2.25. The number of ether oxygens (including phenoxy) is 1. The maximum absolute atomic E-state index is 12.3. The number of likely N-dealkylation sites (tertiary alicyclic amines) is 1. The number of piperidine rings is 1. The van der Waals surface area contributed by atoms with Crippen molar-refractivity contribution in [1.82, 2.24) is 10.2 Å². The van der Waals surface area contributed by atoms with E-state index in [0.29, 0.717) is 25.9 Å². The lowest BCUT2D eigenvalue weighted by atomic mass is 9.96. The van der Waals surface area contributed by atoms with Gasteiger partial charge < -0.3 is 15.0 Å². The van der Waals surface area contributed by atoms with Gasteiger partial charge in [-0.3, -0.25) is 9.59 Å². The van der Waals surface area contributed by atoms with Crippen LogP contribution in [0.4, 0.5) is 0 Å². The predicted octanol–water partition coefficient (Wildman–Crippen LogP) is 1.98. The molecular weight excluding hydrogens is 292 g/mol. The molecule has 23 heavy (non-hydrogen) atoms. The minimum atomic E-state index is -0.0141. The van der Waals surface area contributed by atoms with E-state index in [4.69, 9.17) is 4.74 Å². The van der Waals surface area contributed by atoms with Crippen LogP contribution in [0.15, 0.2) is 12.1 Å². The van der Waals surface area contributed by atoms with Crippen molar-refractivity contribution in [2.75, 3.05) is 26.7 Å². The Morgan fingerprint density at radius 1 is 1.17 bits per heavy atom. The Morgan fingerprint density at radius 3 is 2.26 bits per heavy atom. The largest absolute Gasteiger partial charge is 0.483 e. The third-order valence-electron chi connectivity index (χ3n) is 4.41. The van der Waals surface area contributed by atoms with Crippen LogP contribution in [-0.4, -0.2) is 43.5 Å². The lowest BCUT2D eigenvalue weighted by Crippen LogP contribution is -2.44. The van der Waals surface area contributed by atoms with Crippen LogP contribution in [0.1, 0.15) is 29.5 Å². The summed E-state index contributed by atoms with van der Waals surface area (Å²) in [4.78, 5) is 25.7. The summed E-state index contributed by atoms with van der Waals surface area (Å²) in [5.41, 5.74) is 3.29. The number of hydrogen-bond acceptors (Lipinski definition) is 3. The minimum Gasteiger partial charge on any atom is -0.483 e. The van der Waals surface area contributed by atoms with Gasteiger partial charge in [-0.25, -0.2) is 0 Å². The van der Waals surface area contributed by atoms with Gasteiger partial charge in [0.15, 0.2) is 6.61 Å². The van der Waals surface area contributed by atoms with E-state index in [9.17, 15) is 9.59 Å². The topological polar surface area (TPSA) is 58.6 Å². The molecule has 1 heterocycles. The summed E-state index contributed by atoms with van der Waals surface area (Å²) in [5.74, 6) is 0.870. The number of aryl methyl sites for hydroxylation is 3. The molecule has 0 unspecified atom stereocenters. The molecule has 5 heteroatoms. The van der Waals surface area contributed by atoms with Gasteiger partial charge in [0.1, 0.15) is 5.75 Å². The molecule has 0 bridgehead atoms.